The van der Waals surface area contributed by atoms with Crippen LogP contribution in [0.4, 0.5) is 0 Å². The Morgan fingerprint density at radius 3 is 2.54 bits per heavy atom. The van der Waals surface area contributed by atoms with Gasteiger partial charge in [0.25, 0.3) is 0 Å². The molecule has 0 aromatic rings. The Kier molecular flexibility index (Phi) is 3.06. The second-order valence-corrected chi connectivity index (χ2v) is 3.19. The number of nitrogens with zero attached hydrogens (tertiary/aromatic N) is 1. The van der Waals surface area contributed by atoms with Gasteiger partial charge in [0.2, 0.25) is 0 Å². The Hall–Kier alpha value is -1.32. The summed E-state index contributed by atoms with van der Waals surface area (Å²) in [5.74, 6) is -0.737. The summed E-state index contributed by atoms with van der Waals surface area (Å²) in [6.45, 7) is 0. The van der Waals surface area contributed by atoms with Crippen molar-refractivity contribution in [3.63, 3.8) is 0 Å². The smallest absolute Gasteiger partial charge is 0.339 e. The van der Waals surface area contributed by atoms with E-state index in [4.69, 9.17) is 10.8 Å². The average molecular weight is 182 g/mol. The predicted molar refractivity (Wildman–Crippen MR) is 50.6 cm³/mol. The maximum atomic E-state index is 10.7. The van der Waals surface area contributed by atoms with E-state index in [0.717, 1.165) is 19.3 Å². The fraction of sp³-hybridized carbons (Fsp3) is 0.556. The van der Waals surface area contributed by atoms with E-state index in [-0.39, 0.29) is 11.5 Å². The first-order valence-corrected chi connectivity index (χ1v) is 4.32. The molecular weight excluding hydrogens is 168 g/mol. The van der Waals surface area contributed by atoms with E-state index in [0.29, 0.717) is 5.70 Å². The molecule has 0 atom stereocenters. The van der Waals surface area contributed by atoms with Gasteiger partial charge in [-0.25, -0.2) is 4.79 Å². The number of aliphatic imine (C=N–C) groups is 1. The van der Waals surface area contributed by atoms with Gasteiger partial charge >= 0.3 is 5.97 Å². The van der Waals surface area contributed by atoms with E-state index in [9.17, 15) is 4.79 Å². The highest BCUT2D eigenvalue weighted by atomic mass is 16.4. The lowest BCUT2D eigenvalue weighted by molar-refractivity contribution is -0.132. The summed E-state index contributed by atoms with van der Waals surface area (Å²) in [4.78, 5) is 14.4. The Morgan fingerprint density at radius 1 is 1.62 bits per heavy atom. The topological polar surface area (TPSA) is 75.7 Å². The van der Waals surface area contributed by atoms with Crippen LogP contribution in [0.15, 0.2) is 16.3 Å². The number of nitrogens with two attached hydrogens (primary N) is 1. The lowest BCUT2D eigenvalue weighted by Gasteiger charge is -2.26. The fourth-order valence-corrected chi connectivity index (χ4v) is 1.32. The van der Waals surface area contributed by atoms with Gasteiger partial charge in [-0.2, -0.15) is 0 Å². The van der Waals surface area contributed by atoms with Crippen molar-refractivity contribution in [1.29, 1.82) is 0 Å². The van der Waals surface area contributed by atoms with Crippen LogP contribution in [0.1, 0.15) is 19.3 Å². The minimum atomic E-state index is -0.991. The Balaban J connectivity index is 2.86. The molecule has 0 amide bonds. The molecule has 0 spiro atoms. The highest BCUT2D eigenvalue weighted by Crippen LogP contribution is 2.31. The van der Waals surface area contributed by atoms with Crippen molar-refractivity contribution in [3.05, 3.63) is 11.3 Å². The molecule has 1 saturated carbocycles. The van der Waals surface area contributed by atoms with Crippen molar-refractivity contribution >= 4 is 12.2 Å². The zero-order valence-corrected chi connectivity index (χ0v) is 7.66. The van der Waals surface area contributed by atoms with Crippen LogP contribution in [-0.4, -0.2) is 24.3 Å². The van der Waals surface area contributed by atoms with Gasteiger partial charge < -0.3 is 10.8 Å². The molecule has 0 aromatic carbocycles. The van der Waals surface area contributed by atoms with E-state index in [1.54, 1.807) is 0 Å². The zero-order chi connectivity index (χ0) is 9.84. The number of aliphatic carboxylic acids is 1. The van der Waals surface area contributed by atoms with E-state index < -0.39 is 5.97 Å². The number of carboxylic acids is 1. The first-order valence-electron chi connectivity index (χ1n) is 4.32. The number of rotatable bonds is 3. The van der Waals surface area contributed by atoms with Crippen molar-refractivity contribution in [2.24, 2.45) is 16.6 Å². The molecule has 0 bridgehead atoms. The second kappa shape index (κ2) is 4.07. The summed E-state index contributed by atoms with van der Waals surface area (Å²) in [6, 6.07) is 0. The predicted octanol–water partition coefficient (Wildman–Crippen LogP) is 0.784. The monoisotopic (exact) mass is 182 g/mol. The number of hydrogen-bond acceptors (Lipinski definition) is 3. The van der Waals surface area contributed by atoms with Crippen LogP contribution in [0, 0.1) is 5.92 Å². The minimum Gasteiger partial charge on any atom is -0.478 e. The van der Waals surface area contributed by atoms with Gasteiger partial charge in [0, 0.05) is 19.0 Å². The first kappa shape index (κ1) is 9.77. The summed E-state index contributed by atoms with van der Waals surface area (Å²) in [6.07, 6.45) is 4.46. The third-order valence-electron chi connectivity index (χ3n) is 2.34. The summed E-state index contributed by atoms with van der Waals surface area (Å²) in [5, 5.41) is 8.81. The van der Waals surface area contributed by atoms with E-state index in [2.05, 4.69) is 4.99 Å². The molecule has 4 heteroatoms. The lowest BCUT2D eigenvalue weighted by Crippen LogP contribution is -2.24. The van der Waals surface area contributed by atoms with Crippen molar-refractivity contribution < 1.29 is 9.90 Å². The zero-order valence-electron chi connectivity index (χ0n) is 7.66. The van der Waals surface area contributed by atoms with E-state index in [1.165, 1.54) is 13.3 Å². The van der Waals surface area contributed by atoms with Crippen molar-refractivity contribution in [2.45, 2.75) is 19.3 Å². The molecule has 72 valence electrons. The van der Waals surface area contributed by atoms with Gasteiger partial charge in [0.1, 0.15) is 0 Å². The Morgan fingerprint density at radius 2 is 2.23 bits per heavy atom. The quantitative estimate of drug-likeness (QED) is 0.500. The third-order valence-corrected chi connectivity index (χ3v) is 2.34. The average Bonchev–Trinajstić information content (AvgIpc) is 1.95. The molecule has 0 radical (unpaired) electrons. The second-order valence-electron chi connectivity index (χ2n) is 3.19. The van der Waals surface area contributed by atoms with Gasteiger partial charge in [-0.1, -0.05) is 6.42 Å². The van der Waals surface area contributed by atoms with Crippen LogP contribution in [0.5, 0.6) is 0 Å². The van der Waals surface area contributed by atoms with Gasteiger partial charge in [0.15, 0.2) is 0 Å². The van der Waals surface area contributed by atoms with Gasteiger partial charge in [0.05, 0.1) is 5.57 Å². The van der Waals surface area contributed by atoms with Crippen LogP contribution in [-0.2, 0) is 4.79 Å². The molecule has 0 saturated heterocycles. The van der Waals surface area contributed by atoms with Crippen LogP contribution in [0.3, 0.4) is 0 Å². The molecule has 1 rings (SSSR count). The van der Waals surface area contributed by atoms with Crippen molar-refractivity contribution in [3.8, 4) is 0 Å². The SMILES string of the molecule is CN=C/C(C(=O)O)=C(\N)C1CCC1. The Labute approximate surface area is 77.2 Å². The molecule has 0 heterocycles. The Bertz CT molecular complexity index is 265. The molecule has 4 nitrogen and oxygen atoms in total. The molecular formula is C9H14N2O2. The number of allylic oxidation sites excluding steroid dienone is 1. The number of carboxylic acid groups (broad SMARTS) is 1. The molecule has 1 fully saturated rings. The normalized spacial score (nSPS) is 19.8. The molecule has 1 aliphatic carbocycles. The third kappa shape index (κ3) is 2.08. The highest BCUT2D eigenvalue weighted by molar-refractivity contribution is 6.09. The summed E-state index contributed by atoms with van der Waals surface area (Å²) in [7, 11) is 1.54. The van der Waals surface area contributed by atoms with Crippen molar-refractivity contribution in [1.82, 2.24) is 0 Å². The van der Waals surface area contributed by atoms with Gasteiger partial charge in [-0.15, -0.1) is 0 Å². The van der Waals surface area contributed by atoms with E-state index >= 15 is 0 Å². The lowest BCUT2D eigenvalue weighted by atomic mass is 9.81. The van der Waals surface area contributed by atoms with E-state index in [1.807, 2.05) is 0 Å². The van der Waals surface area contributed by atoms with Crippen LogP contribution in [0.2, 0.25) is 0 Å². The number of carbonyl (C=O) groups is 1. The molecule has 1 aliphatic rings. The summed E-state index contributed by atoms with van der Waals surface area (Å²) >= 11 is 0. The maximum Gasteiger partial charge on any atom is 0.339 e. The minimum absolute atomic E-state index is 0.146. The molecule has 3 N–H and O–H groups in total. The standard InChI is InChI=1S/C9H14N2O2/c1-11-5-7(9(12)13)8(10)6-3-2-4-6/h5-6H,2-4,10H2,1H3,(H,12,13)/b8-7+,11-5?. The largest absolute Gasteiger partial charge is 0.478 e. The molecule has 13 heavy (non-hydrogen) atoms. The van der Waals surface area contributed by atoms with Crippen molar-refractivity contribution in [2.75, 3.05) is 7.05 Å². The van der Waals surface area contributed by atoms with Gasteiger partial charge in [-0.05, 0) is 18.8 Å². The first-order chi connectivity index (χ1) is 6.16. The molecule has 0 aromatic heterocycles. The molecule has 0 unspecified atom stereocenters. The summed E-state index contributed by atoms with van der Waals surface area (Å²) < 4.78 is 0. The van der Waals surface area contributed by atoms with Crippen LogP contribution in [0.25, 0.3) is 0 Å². The fourth-order valence-electron chi connectivity index (χ4n) is 1.32. The summed E-state index contributed by atoms with van der Waals surface area (Å²) in [5.41, 5.74) is 6.34. The van der Waals surface area contributed by atoms with Gasteiger partial charge in [-0.3, -0.25) is 4.99 Å². The molecule has 0 aliphatic heterocycles. The maximum absolute atomic E-state index is 10.7. The van der Waals surface area contributed by atoms with Crippen LogP contribution >= 0.6 is 0 Å². The van der Waals surface area contributed by atoms with Crippen LogP contribution < -0.4 is 5.73 Å². The highest BCUT2D eigenvalue weighted by Gasteiger charge is 2.24. The number of hydrogen-bond donors (Lipinski definition) is 2.